The van der Waals surface area contributed by atoms with Crippen molar-refractivity contribution < 1.29 is 4.79 Å². The van der Waals surface area contributed by atoms with Gasteiger partial charge in [-0.3, -0.25) is 23.7 Å². The molecule has 24 heavy (non-hydrogen) atoms. The molecule has 0 spiro atoms. The molecule has 2 aromatic heterocycles. The van der Waals surface area contributed by atoms with Crippen molar-refractivity contribution in [2.75, 3.05) is 0 Å². The molecule has 2 heterocycles. The normalized spacial score (nSPS) is 11.0. The van der Waals surface area contributed by atoms with E-state index >= 15 is 0 Å². The Balaban J connectivity index is 2.21. The third-order valence-electron chi connectivity index (χ3n) is 4.00. The van der Waals surface area contributed by atoms with Crippen LogP contribution in [0.1, 0.15) is 28.5 Å². The number of fused-ring (bicyclic) bond motifs is 1. The SMILES string of the molecule is CC(=O)c1cn(Cc2cc(C)nc3ccccc23)c(=O)n(C)c1=O. The Bertz CT molecular complexity index is 1080. The van der Waals surface area contributed by atoms with Gasteiger partial charge in [-0.2, -0.15) is 0 Å². The highest BCUT2D eigenvalue weighted by Crippen LogP contribution is 2.18. The zero-order valence-electron chi connectivity index (χ0n) is 13.7. The predicted molar refractivity (Wildman–Crippen MR) is 91.5 cm³/mol. The Morgan fingerprint density at radius 3 is 2.62 bits per heavy atom. The summed E-state index contributed by atoms with van der Waals surface area (Å²) in [7, 11) is 1.38. The molecular formula is C18H17N3O3. The summed E-state index contributed by atoms with van der Waals surface area (Å²) in [5, 5.41) is 0.938. The van der Waals surface area contributed by atoms with E-state index in [1.807, 2.05) is 37.3 Å². The quantitative estimate of drug-likeness (QED) is 0.687. The number of aromatic nitrogens is 3. The van der Waals surface area contributed by atoms with Gasteiger partial charge in [0.25, 0.3) is 5.56 Å². The number of ketones is 1. The largest absolute Gasteiger partial charge is 0.331 e. The van der Waals surface area contributed by atoms with Gasteiger partial charge < -0.3 is 0 Å². The molecule has 0 N–H and O–H groups in total. The van der Waals surface area contributed by atoms with Crippen LogP contribution in [0, 0.1) is 6.92 Å². The summed E-state index contributed by atoms with van der Waals surface area (Å²) in [5.41, 5.74) is 1.58. The molecule has 3 aromatic rings. The van der Waals surface area contributed by atoms with E-state index in [2.05, 4.69) is 4.98 Å². The Labute approximate surface area is 138 Å². The highest BCUT2D eigenvalue weighted by molar-refractivity contribution is 5.93. The summed E-state index contributed by atoms with van der Waals surface area (Å²) < 4.78 is 2.35. The van der Waals surface area contributed by atoms with E-state index in [1.165, 1.54) is 24.7 Å². The molecule has 0 saturated heterocycles. The average Bonchev–Trinajstić information content (AvgIpc) is 2.54. The minimum absolute atomic E-state index is 0.00665. The summed E-state index contributed by atoms with van der Waals surface area (Å²) in [5.74, 6) is -0.361. The van der Waals surface area contributed by atoms with Gasteiger partial charge in [-0.15, -0.1) is 0 Å². The van der Waals surface area contributed by atoms with Crippen LogP contribution in [0.4, 0.5) is 0 Å². The monoisotopic (exact) mass is 323 g/mol. The van der Waals surface area contributed by atoms with Crippen molar-refractivity contribution in [2.45, 2.75) is 20.4 Å². The second-order valence-electron chi connectivity index (χ2n) is 5.81. The Morgan fingerprint density at radius 2 is 1.92 bits per heavy atom. The molecule has 6 nitrogen and oxygen atoms in total. The minimum atomic E-state index is -0.570. The lowest BCUT2D eigenvalue weighted by atomic mass is 10.1. The maximum atomic E-state index is 12.4. The number of carbonyl (C=O) groups excluding carboxylic acids is 1. The van der Waals surface area contributed by atoms with Crippen molar-refractivity contribution in [1.82, 2.24) is 14.1 Å². The molecule has 122 valence electrons. The van der Waals surface area contributed by atoms with Gasteiger partial charge in [-0.1, -0.05) is 18.2 Å². The van der Waals surface area contributed by atoms with Crippen LogP contribution in [0.5, 0.6) is 0 Å². The maximum Gasteiger partial charge on any atom is 0.331 e. The summed E-state index contributed by atoms with van der Waals surface area (Å²) >= 11 is 0. The predicted octanol–water partition coefficient (Wildman–Crippen LogP) is 1.65. The van der Waals surface area contributed by atoms with Gasteiger partial charge >= 0.3 is 5.69 Å². The molecule has 0 atom stereocenters. The number of para-hydroxylation sites is 1. The van der Waals surface area contributed by atoms with Crippen LogP contribution in [0.2, 0.25) is 0 Å². The van der Waals surface area contributed by atoms with E-state index < -0.39 is 11.2 Å². The lowest BCUT2D eigenvalue weighted by Crippen LogP contribution is -2.40. The average molecular weight is 323 g/mol. The lowest BCUT2D eigenvalue weighted by molar-refractivity contribution is 0.101. The summed E-state index contributed by atoms with van der Waals surface area (Å²) in [4.78, 5) is 40.6. The molecule has 6 heteroatoms. The first-order chi connectivity index (χ1) is 11.4. The number of aryl methyl sites for hydroxylation is 1. The van der Waals surface area contributed by atoms with E-state index in [4.69, 9.17) is 0 Å². The molecule has 0 aliphatic rings. The third-order valence-corrected chi connectivity index (χ3v) is 4.00. The molecule has 0 amide bonds. The first-order valence-electron chi connectivity index (χ1n) is 7.55. The standard InChI is InChI=1S/C18H17N3O3/c1-11-8-13(14-6-4-5-7-16(14)19-11)9-21-10-15(12(2)22)17(23)20(3)18(21)24/h4-8,10H,9H2,1-3H3. The topological polar surface area (TPSA) is 74.0 Å². The van der Waals surface area contributed by atoms with E-state index in [-0.39, 0.29) is 17.9 Å². The molecule has 1 aromatic carbocycles. The summed E-state index contributed by atoms with van der Waals surface area (Å²) in [6.45, 7) is 3.47. The number of hydrogen-bond acceptors (Lipinski definition) is 4. The van der Waals surface area contributed by atoms with E-state index in [1.54, 1.807) is 0 Å². The number of Topliss-reactive ketones (excluding diaryl/α,β-unsaturated/α-hetero) is 1. The van der Waals surface area contributed by atoms with Crippen molar-refractivity contribution in [2.24, 2.45) is 7.05 Å². The van der Waals surface area contributed by atoms with Gasteiger partial charge in [-0.25, -0.2) is 4.79 Å². The van der Waals surface area contributed by atoms with Gasteiger partial charge in [0.15, 0.2) is 5.78 Å². The summed E-state index contributed by atoms with van der Waals surface area (Å²) in [6, 6.07) is 9.58. The van der Waals surface area contributed by atoms with E-state index in [0.29, 0.717) is 0 Å². The van der Waals surface area contributed by atoms with Crippen molar-refractivity contribution in [3.8, 4) is 0 Å². The fourth-order valence-corrected chi connectivity index (χ4v) is 2.79. The van der Waals surface area contributed by atoms with Crippen LogP contribution < -0.4 is 11.2 Å². The molecule has 0 aliphatic carbocycles. The van der Waals surface area contributed by atoms with Crippen molar-refractivity contribution in [1.29, 1.82) is 0 Å². The number of hydrogen-bond donors (Lipinski definition) is 0. The van der Waals surface area contributed by atoms with Crippen molar-refractivity contribution in [3.05, 3.63) is 74.2 Å². The first kappa shape index (κ1) is 15.9. The van der Waals surface area contributed by atoms with Gasteiger partial charge in [0.05, 0.1) is 17.6 Å². The zero-order chi connectivity index (χ0) is 17.4. The third kappa shape index (κ3) is 2.67. The number of carbonyl (C=O) groups is 1. The fraction of sp³-hybridized carbons (Fsp3) is 0.222. The molecule has 0 saturated carbocycles. The Hall–Kier alpha value is -3.02. The van der Waals surface area contributed by atoms with E-state index in [9.17, 15) is 14.4 Å². The number of rotatable bonds is 3. The molecule has 3 rings (SSSR count). The first-order valence-corrected chi connectivity index (χ1v) is 7.55. The highest BCUT2D eigenvalue weighted by Gasteiger charge is 2.13. The highest BCUT2D eigenvalue weighted by atomic mass is 16.2. The molecular weight excluding hydrogens is 306 g/mol. The smallest absolute Gasteiger partial charge is 0.295 e. The van der Waals surface area contributed by atoms with Gasteiger partial charge in [0.2, 0.25) is 0 Å². The lowest BCUT2D eigenvalue weighted by Gasteiger charge is -2.12. The zero-order valence-corrected chi connectivity index (χ0v) is 13.7. The fourth-order valence-electron chi connectivity index (χ4n) is 2.79. The minimum Gasteiger partial charge on any atom is -0.295 e. The van der Waals surface area contributed by atoms with Crippen LogP contribution in [-0.4, -0.2) is 19.9 Å². The second-order valence-corrected chi connectivity index (χ2v) is 5.81. The van der Waals surface area contributed by atoms with Crippen LogP contribution in [0.15, 0.2) is 46.1 Å². The molecule has 0 bridgehead atoms. The van der Waals surface area contributed by atoms with E-state index in [0.717, 1.165) is 26.7 Å². The van der Waals surface area contributed by atoms with Crippen LogP contribution >= 0.6 is 0 Å². The maximum absolute atomic E-state index is 12.4. The van der Waals surface area contributed by atoms with Crippen LogP contribution in [-0.2, 0) is 13.6 Å². The molecule has 0 fully saturated rings. The van der Waals surface area contributed by atoms with Gasteiger partial charge in [-0.05, 0) is 31.5 Å². The van der Waals surface area contributed by atoms with Gasteiger partial charge in [0.1, 0.15) is 0 Å². The summed E-state index contributed by atoms with van der Waals surface area (Å²) in [6.07, 6.45) is 1.34. The van der Waals surface area contributed by atoms with Crippen LogP contribution in [0.25, 0.3) is 10.9 Å². The van der Waals surface area contributed by atoms with Gasteiger partial charge in [0, 0.05) is 24.3 Å². The Kier molecular flexibility index (Phi) is 3.89. The van der Waals surface area contributed by atoms with Crippen molar-refractivity contribution >= 4 is 16.7 Å². The molecule has 0 radical (unpaired) electrons. The Morgan fingerprint density at radius 1 is 1.21 bits per heavy atom. The number of benzene rings is 1. The molecule has 0 unspecified atom stereocenters. The number of nitrogens with zero attached hydrogens (tertiary/aromatic N) is 3. The number of pyridine rings is 1. The van der Waals surface area contributed by atoms with Crippen LogP contribution in [0.3, 0.4) is 0 Å². The molecule has 0 aliphatic heterocycles. The van der Waals surface area contributed by atoms with Crippen molar-refractivity contribution in [3.63, 3.8) is 0 Å². The second kappa shape index (κ2) is 5.88.